The monoisotopic (exact) mass is 367 g/mol. The van der Waals surface area contributed by atoms with E-state index in [0.29, 0.717) is 18.8 Å². The first kappa shape index (κ1) is 17.8. The molecule has 0 spiro atoms. The van der Waals surface area contributed by atoms with Gasteiger partial charge in [0.1, 0.15) is 5.56 Å². The minimum atomic E-state index is -0.944. The van der Waals surface area contributed by atoms with Crippen molar-refractivity contribution in [1.29, 1.82) is 0 Å². The molecule has 1 N–H and O–H groups in total. The molecule has 27 heavy (non-hydrogen) atoms. The van der Waals surface area contributed by atoms with Gasteiger partial charge >= 0.3 is 5.97 Å². The summed E-state index contributed by atoms with van der Waals surface area (Å²) >= 11 is 0. The molecular formula is C21H25N3O3. The number of amides is 1. The summed E-state index contributed by atoms with van der Waals surface area (Å²) in [6.45, 7) is 5.25. The summed E-state index contributed by atoms with van der Waals surface area (Å²) in [5.41, 5.74) is 2.95. The smallest absolute Gasteiger partial charge is 0.339 e. The normalized spacial score (nSPS) is 19.1. The van der Waals surface area contributed by atoms with Crippen LogP contribution in [-0.4, -0.2) is 44.8 Å². The zero-order valence-corrected chi connectivity index (χ0v) is 15.8. The highest BCUT2D eigenvalue weighted by molar-refractivity contribution is 5.91. The van der Waals surface area contributed by atoms with E-state index in [9.17, 15) is 14.7 Å². The molecule has 1 aliphatic carbocycles. The van der Waals surface area contributed by atoms with Gasteiger partial charge in [0.05, 0.1) is 23.3 Å². The maximum Gasteiger partial charge on any atom is 0.339 e. The van der Waals surface area contributed by atoms with Crippen LogP contribution in [0, 0.1) is 13.8 Å². The van der Waals surface area contributed by atoms with Crippen LogP contribution in [0.15, 0.2) is 30.5 Å². The fourth-order valence-electron chi connectivity index (χ4n) is 4.31. The van der Waals surface area contributed by atoms with Crippen molar-refractivity contribution < 1.29 is 14.7 Å². The van der Waals surface area contributed by atoms with Crippen molar-refractivity contribution in [3.8, 4) is 0 Å². The van der Waals surface area contributed by atoms with Gasteiger partial charge in [0, 0.05) is 13.1 Å². The van der Waals surface area contributed by atoms with Crippen LogP contribution in [0.2, 0.25) is 0 Å². The summed E-state index contributed by atoms with van der Waals surface area (Å²) in [6, 6.07) is 8.46. The zero-order valence-electron chi connectivity index (χ0n) is 15.8. The fourth-order valence-corrected chi connectivity index (χ4v) is 4.31. The topological polar surface area (TPSA) is 75.4 Å². The summed E-state index contributed by atoms with van der Waals surface area (Å²) in [5.74, 6) is -0.699. The van der Waals surface area contributed by atoms with Gasteiger partial charge in [0.25, 0.3) is 0 Å². The number of nitrogens with zero attached hydrogens (tertiary/aromatic N) is 3. The van der Waals surface area contributed by atoms with Gasteiger partial charge in [-0.25, -0.2) is 4.79 Å². The lowest BCUT2D eigenvalue weighted by atomic mass is 9.92. The van der Waals surface area contributed by atoms with Crippen LogP contribution in [-0.2, 0) is 10.2 Å². The molecule has 1 saturated carbocycles. The number of hydrogen-bond donors (Lipinski definition) is 1. The molecule has 0 bridgehead atoms. The summed E-state index contributed by atoms with van der Waals surface area (Å²) in [6.07, 6.45) is 4.88. The minimum Gasteiger partial charge on any atom is -0.478 e. The minimum absolute atomic E-state index is 0.149. The predicted molar refractivity (Wildman–Crippen MR) is 101 cm³/mol. The van der Waals surface area contributed by atoms with Crippen molar-refractivity contribution in [2.75, 3.05) is 13.1 Å². The summed E-state index contributed by atoms with van der Waals surface area (Å²) < 4.78 is 1.82. The first-order valence-corrected chi connectivity index (χ1v) is 9.56. The third-order valence-corrected chi connectivity index (χ3v) is 6.10. The molecule has 1 amide bonds. The molecule has 1 saturated heterocycles. The number of carbonyl (C=O) groups is 2. The highest BCUT2D eigenvalue weighted by Gasteiger charge is 2.53. The van der Waals surface area contributed by atoms with Crippen LogP contribution in [0.1, 0.15) is 58.9 Å². The highest BCUT2D eigenvalue weighted by Crippen LogP contribution is 2.50. The van der Waals surface area contributed by atoms with Gasteiger partial charge < -0.3 is 10.0 Å². The lowest BCUT2D eigenvalue weighted by Crippen LogP contribution is -2.44. The van der Waals surface area contributed by atoms with Gasteiger partial charge in [0.2, 0.25) is 5.91 Å². The molecule has 1 aromatic heterocycles. The number of likely N-dealkylation sites (tertiary alicyclic amines) is 1. The van der Waals surface area contributed by atoms with Gasteiger partial charge in [-0.15, -0.1) is 0 Å². The average molecular weight is 367 g/mol. The van der Waals surface area contributed by atoms with E-state index in [1.54, 1.807) is 6.92 Å². The van der Waals surface area contributed by atoms with Crippen molar-refractivity contribution in [2.24, 2.45) is 0 Å². The maximum absolute atomic E-state index is 13.2. The van der Waals surface area contributed by atoms with Crippen LogP contribution in [0.5, 0.6) is 0 Å². The molecule has 6 nitrogen and oxygen atoms in total. The number of aromatic nitrogens is 2. The van der Waals surface area contributed by atoms with Crippen LogP contribution in [0.25, 0.3) is 0 Å². The molecule has 2 aromatic rings. The Hall–Kier alpha value is -2.63. The summed E-state index contributed by atoms with van der Waals surface area (Å²) in [4.78, 5) is 26.4. The number of aryl methyl sites for hydroxylation is 1. The Labute approximate surface area is 158 Å². The number of piperidine rings is 1. The molecule has 2 heterocycles. The van der Waals surface area contributed by atoms with Crippen LogP contribution < -0.4 is 0 Å². The average Bonchev–Trinajstić information content (AvgIpc) is 3.38. The Morgan fingerprint density at radius 3 is 2.44 bits per heavy atom. The number of carboxylic acids is 1. The van der Waals surface area contributed by atoms with E-state index in [-0.39, 0.29) is 22.9 Å². The second-order valence-corrected chi connectivity index (χ2v) is 7.87. The van der Waals surface area contributed by atoms with Gasteiger partial charge in [0.15, 0.2) is 0 Å². The Bertz CT molecular complexity index is 890. The van der Waals surface area contributed by atoms with Crippen molar-refractivity contribution in [1.82, 2.24) is 14.7 Å². The first-order valence-electron chi connectivity index (χ1n) is 9.56. The molecule has 2 fully saturated rings. The second kappa shape index (κ2) is 6.51. The predicted octanol–water partition coefficient (Wildman–Crippen LogP) is 3.09. The van der Waals surface area contributed by atoms with E-state index < -0.39 is 5.97 Å². The molecule has 0 radical (unpaired) electrons. The van der Waals surface area contributed by atoms with E-state index in [1.165, 1.54) is 11.8 Å². The Kier molecular flexibility index (Phi) is 4.29. The molecule has 4 rings (SSSR count). The molecule has 142 valence electrons. The van der Waals surface area contributed by atoms with Crippen molar-refractivity contribution in [3.63, 3.8) is 0 Å². The maximum atomic E-state index is 13.2. The second-order valence-electron chi connectivity index (χ2n) is 7.87. The standard InChI is InChI=1S/C21H25N3O3/c1-14-4-3-5-16(12-14)21(8-9-21)20(27)23-10-6-17(7-11-23)24-15(2)18(13-22-24)19(25)26/h3-5,12-13,17H,6-11H2,1-2H3,(H,25,26). The third-order valence-electron chi connectivity index (χ3n) is 6.10. The third kappa shape index (κ3) is 3.03. The molecule has 0 unspecified atom stereocenters. The van der Waals surface area contributed by atoms with Crippen LogP contribution in [0.3, 0.4) is 0 Å². The number of carboxylic acid groups (broad SMARTS) is 1. The number of aromatic carboxylic acids is 1. The van der Waals surface area contributed by atoms with Crippen molar-refractivity contribution in [3.05, 3.63) is 52.8 Å². The van der Waals surface area contributed by atoms with E-state index in [2.05, 4.69) is 30.2 Å². The molecule has 1 aromatic carbocycles. The number of hydrogen-bond acceptors (Lipinski definition) is 3. The van der Waals surface area contributed by atoms with Crippen molar-refractivity contribution in [2.45, 2.75) is 51.0 Å². The Morgan fingerprint density at radius 1 is 1.19 bits per heavy atom. The molecular weight excluding hydrogens is 342 g/mol. The van der Waals surface area contributed by atoms with Crippen LogP contribution >= 0.6 is 0 Å². The quantitative estimate of drug-likeness (QED) is 0.901. The number of benzene rings is 1. The Balaban J connectivity index is 1.45. The van der Waals surface area contributed by atoms with Crippen molar-refractivity contribution >= 4 is 11.9 Å². The first-order chi connectivity index (χ1) is 12.9. The lowest BCUT2D eigenvalue weighted by molar-refractivity contribution is -0.135. The van der Waals surface area contributed by atoms with Crippen LogP contribution in [0.4, 0.5) is 0 Å². The highest BCUT2D eigenvalue weighted by atomic mass is 16.4. The van der Waals surface area contributed by atoms with E-state index in [0.717, 1.165) is 31.2 Å². The Morgan fingerprint density at radius 2 is 1.89 bits per heavy atom. The molecule has 2 aliphatic rings. The van der Waals surface area contributed by atoms with E-state index >= 15 is 0 Å². The van der Waals surface area contributed by atoms with Gasteiger partial charge in [-0.1, -0.05) is 29.8 Å². The number of rotatable bonds is 4. The van der Waals surface area contributed by atoms with Gasteiger partial charge in [-0.05, 0) is 45.1 Å². The summed E-state index contributed by atoms with van der Waals surface area (Å²) in [7, 11) is 0. The van der Waals surface area contributed by atoms with E-state index in [4.69, 9.17) is 0 Å². The molecule has 1 aliphatic heterocycles. The largest absolute Gasteiger partial charge is 0.478 e. The zero-order chi connectivity index (χ0) is 19.2. The van der Waals surface area contributed by atoms with Gasteiger partial charge in [-0.3, -0.25) is 9.48 Å². The molecule has 6 heteroatoms. The fraction of sp³-hybridized carbons (Fsp3) is 0.476. The summed E-state index contributed by atoms with van der Waals surface area (Å²) in [5, 5.41) is 13.5. The molecule has 0 atom stereocenters. The van der Waals surface area contributed by atoms with E-state index in [1.807, 2.05) is 15.6 Å². The number of carbonyl (C=O) groups excluding carboxylic acids is 1. The lowest BCUT2D eigenvalue weighted by Gasteiger charge is -2.35. The van der Waals surface area contributed by atoms with Gasteiger partial charge in [-0.2, -0.15) is 5.10 Å². The SMILES string of the molecule is Cc1cccc(C2(C(=O)N3CCC(n4ncc(C(=O)O)c4C)CC3)CC2)c1.